The molecule has 0 aromatic rings. The summed E-state index contributed by atoms with van der Waals surface area (Å²) in [4.78, 5) is 10.4. The maximum atomic E-state index is 10.4. The Morgan fingerprint density at radius 3 is 1.81 bits per heavy atom. The predicted molar refractivity (Wildman–Crippen MR) is 135 cm³/mol. The number of allylic oxidation sites excluding steroid dienone is 3. The van der Waals surface area contributed by atoms with Crippen LogP contribution in [0.5, 0.6) is 0 Å². The molecule has 0 amide bonds. The summed E-state index contributed by atoms with van der Waals surface area (Å²) in [5.74, 6) is -0.671. The van der Waals surface area contributed by atoms with Gasteiger partial charge in [0, 0.05) is 6.42 Å². The lowest BCUT2D eigenvalue weighted by Crippen LogP contribution is -2.04. The van der Waals surface area contributed by atoms with Crippen LogP contribution in [0.25, 0.3) is 0 Å². The number of aliphatic carboxylic acids is 1. The van der Waals surface area contributed by atoms with E-state index in [4.69, 9.17) is 5.11 Å². The van der Waals surface area contributed by atoms with E-state index in [9.17, 15) is 9.90 Å². The summed E-state index contributed by atoms with van der Waals surface area (Å²) >= 11 is 0. The Labute approximate surface area is 193 Å². The summed E-state index contributed by atoms with van der Waals surface area (Å²) in [5.41, 5.74) is 0. The maximum absolute atomic E-state index is 10.4. The molecule has 0 bridgehead atoms. The van der Waals surface area contributed by atoms with Crippen molar-refractivity contribution in [1.82, 2.24) is 0 Å². The molecular formula is C28H52O3. The molecule has 1 atom stereocenters. The third kappa shape index (κ3) is 26.9. The minimum Gasteiger partial charge on any atom is -0.481 e. The van der Waals surface area contributed by atoms with E-state index in [0.717, 1.165) is 38.5 Å². The van der Waals surface area contributed by atoms with E-state index >= 15 is 0 Å². The highest BCUT2D eigenvalue weighted by Gasteiger charge is 2.01. The quantitative estimate of drug-likeness (QED) is 0.117. The lowest BCUT2D eigenvalue weighted by molar-refractivity contribution is -0.137. The Morgan fingerprint density at radius 2 is 1.19 bits per heavy atom. The van der Waals surface area contributed by atoms with Crippen molar-refractivity contribution < 1.29 is 15.0 Å². The van der Waals surface area contributed by atoms with Crippen molar-refractivity contribution in [2.24, 2.45) is 0 Å². The first-order valence-corrected chi connectivity index (χ1v) is 13.4. The molecule has 1 unspecified atom stereocenters. The molecule has 0 radical (unpaired) electrons. The molecule has 0 aromatic heterocycles. The number of unbranched alkanes of at least 4 members (excludes halogenated alkanes) is 15. The van der Waals surface area contributed by atoms with Gasteiger partial charge >= 0.3 is 5.97 Å². The van der Waals surface area contributed by atoms with Crippen molar-refractivity contribution in [1.29, 1.82) is 0 Å². The van der Waals surface area contributed by atoms with E-state index in [2.05, 4.69) is 31.2 Å². The first kappa shape index (κ1) is 29.9. The lowest BCUT2D eigenvalue weighted by Gasteiger charge is -2.07. The Hall–Kier alpha value is -1.09. The summed E-state index contributed by atoms with van der Waals surface area (Å²) in [5, 5.41) is 18.7. The second-order valence-electron chi connectivity index (χ2n) is 9.09. The molecule has 0 aliphatic heterocycles. The number of aliphatic hydroxyl groups excluding tert-OH is 1. The Balaban J connectivity index is 3.29. The van der Waals surface area contributed by atoms with Gasteiger partial charge in [0.1, 0.15) is 0 Å². The molecule has 0 spiro atoms. The predicted octanol–water partition coefficient (Wildman–Crippen LogP) is 8.76. The van der Waals surface area contributed by atoms with E-state index in [1.165, 1.54) is 89.9 Å². The van der Waals surface area contributed by atoms with Gasteiger partial charge < -0.3 is 10.2 Å². The van der Waals surface area contributed by atoms with Crippen molar-refractivity contribution in [2.75, 3.05) is 0 Å². The minimum absolute atomic E-state index is 0.181. The molecule has 0 saturated heterocycles. The van der Waals surface area contributed by atoms with Crippen molar-refractivity contribution in [3.05, 3.63) is 24.3 Å². The van der Waals surface area contributed by atoms with Crippen LogP contribution in [0.15, 0.2) is 24.3 Å². The van der Waals surface area contributed by atoms with Crippen LogP contribution in [-0.2, 0) is 4.79 Å². The molecule has 0 aliphatic carbocycles. The largest absolute Gasteiger partial charge is 0.481 e. The van der Waals surface area contributed by atoms with Crippen LogP contribution in [0.4, 0.5) is 0 Å². The van der Waals surface area contributed by atoms with Crippen LogP contribution in [0, 0.1) is 0 Å². The van der Waals surface area contributed by atoms with E-state index in [0.29, 0.717) is 6.42 Å². The van der Waals surface area contributed by atoms with Gasteiger partial charge in [0.15, 0.2) is 0 Å². The molecule has 0 fully saturated rings. The van der Waals surface area contributed by atoms with Crippen LogP contribution in [0.1, 0.15) is 142 Å². The zero-order valence-electron chi connectivity index (χ0n) is 20.5. The molecule has 3 nitrogen and oxygen atoms in total. The number of carboxylic acids is 1. The topological polar surface area (TPSA) is 57.5 Å². The zero-order valence-corrected chi connectivity index (χ0v) is 20.5. The van der Waals surface area contributed by atoms with Gasteiger partial charge in [-0.05, 0) is 38.5 Å². The summed E-state index contributed by atoms with van der Waals surface area (Å²) in [6.45, 7) is 2.26. The number of aliphatic hydroxyl groups is 1. The Morgan fingerprint density at radius 1 is 0.677 bits per heavy atom. The average Bonchev–Trinajstić information content (AvgIpc) is 2.75. The zero-order chi connectivity index (χ0) is 22.8. The van der Waals surface area contributed by atoms with E-state index < -0.39 is 5.97 Å². The lowest BCUT2D eigenvalue weighted by atomic mass is 10.0. The minimum atomic E-state index is -0.671. The number of carboxylic acid groups (broad SMARTS) is 1. The Kier molecular flexibility index (Phi) is 24.3. The van der Waals surface area contributed by atoms with Crippen LogP contribution in [0.2, 0.25) is 0 Å². The third-order valence-corrected chi connectivity index (χ3v) is 5.92. The summed E-state index contributed by atoms with van der Waals surface area (Å²) in [6, 6.07) is 0. The third-order valence-electron chi connectivity index (χ3n) is 5.92. The maximum Gasteiger partial charge on any atom is 0.303 e. The van der Waals surface area contributed by atoms with Gasteiger partial charge in [-0.2, -0.15) is 0 Å². The molecular weight excluding hydrogens is 384 g/mol. The highest BCUT2D eigenvalue weighted by Crippen LogP contribution is 2.14. The summed E-state index contributed by atoms with van der Waals surface area (Å²) < 4.78 is 0. The van der Waals surface area contributed by atoms with Crippen molar-refractivity contribution in [3.63, 3.8) is 0 Å². The monoisotopic (exact) mass is 436 g/mol. The van der Waals surface area contributed by atoms with Crippen molar-refractivity contribution >= 4 is 5.97 Å². The smallest absolute Gasteiger partial charge is 0.303 e. The fourth-order valence-corrected chi connectivity index (χ4v) is 3.87. The van der Waals surface area contributed by atoms with Crippen molar-refractivity contribution in [2.45, 2.75) is 148 Å². The first-order chi connectivity index (χ1) is 15.2. The molecule has 0 saturated carbocycles. The van der Waals surface area contributed by atoms with E-state index in [1.54, 1.807) is 0 Å². The Bertz CT molecular complexity index is 428. The van der Waals surface area contributed by atoms with Crippen molar-refractivity contribution in [3.8, 4) is 0 Å². The SMILES string of the molecule is CCCCCCCC=CCC=CCC(O)CCCCCCCCCCCCCC(=O)O. The average molecular weight is 437 g/mol. The van der Waals surface area contributed by atoms with Gasteiger partial charge in [-0.3, -0.25) is 4.79 Å². The van der Waals surface area contributed by atoms with E-state index in [-0.39, 0.29) is 6.10 Å². The van der Waals surface area contributed by atoms with Crippen LogP contribution < -0.4 is 0 Å². The highest BCUT2D eigenvalue weighted by atomic mass is 16.4. The molecule has 31 heavy (non-hydrogen) atoms. The van der Waals surface area contributed by atoms with Gasteiger partial charge in [-0.25, -0.2) is 0 Å². The van der Waals surface area contributed by atoms with Gasteiger partial charge in [0.05, 0.1) is 6.10 Å². The van der Waals surface area contributed by atoms with Gasteiger partial charge in [-0.15, -0.1) is 0 Å². The fraction of sp³-hybridized carbons (Fsp3) is 0.821. The van der Waals surface area contributed by atoms with Gasteiger partial charge in [0.25, 0.3) is 0 Å². The second-order valence-corrected chi connectivity index (χ2v) is 9.09. The highest BCUT2D eigenvalue weighted by molar-refractivity contribution is 5.66. The molecule has 3 heteroatoms. The normalized spacial score (nSPS) is 12.8. The molecule has 0 aromatic carbocycles. The molecule has 182 valence electrons. The summed E-state index contributed by atoms with van der Waals surface area (Å²) in [7, 11) is 0. The second kappa shape index (κ2) is 25.2. The number of rotatable bonds is 24. The van der Waals surface area contributed by atoms with Gasteiger partial charge in [-0.1, -0.05) is 121 Å². The van der Waals surface area contributed by atoms with Gasteiger partial charge in [0.2, 0.25) is 0 Å². The molecule has 0 aliphatic rings. The standard InChI is InChI=1S/C28H52O3/c1-2-3-4-5-6-7-9-12-15-18-21-24-27(29)25-22-19-16-13-10-8-11-14-17-20-23-26-28(30)31/h9,12,18,21,27,29H,2-8,10-11,13-17,19-20,22-26H2,1H3,(H,30,31). The van der Waals surface area contributed by atoms with E-state index in [1.807, 2.05) is 0 Å². The molecule has 0 rings (SSSR count). The number of hydrogen-bond donors (Lipinski definition) is 2. The number of carbonyl (C=O) groups is 1. The van der Waals surface area contributed by atoms with Crippen LogP contribution >= 0.6 is 0 Å². The fourth-order valence-electron chi connectivity index (χ4n) is 3.87. The number of hydrogen-bond acceptors (Lipinski definition) is 2. The summed E-state index contributed by atoms with van der Waals surface area (Å²) in [6.07, 6.45) is 32.8. The molecule has 0 heterocycles. The first-order valence-electron chi connectivity index (χ1n) is 13.4. The molecule has 2 N–H and O–H groups in total. The van der Waals surface area contributed by atoms with Crippen LogP contribution in [0.3, 0.4) is 0 Å². The van der Waals surface area contributed by atoms with Crippen LogP contribution in [-0.4, -0.2) is 22.3 Å².